The zero-order chi connectivity index (χ0) is 9.42. The summed E-state index contributed by atoms with van der Waals surface area (Å²) >= 11 is 0. The van der Waals surface area contributed by atoms with Crippen molar-refractivity contribution in [2.45, 2.75) is 12.8 Å². The predicted octanol–water partition coefficient (Wildman–Crippen LogP) is 1.02. The Morgan fingerprint density at radius 1 is 1.54 bits per heavy atom. The Morgan fingerprint density at radius 3 is 2.92 bits per heavy atom. The van der Waals surface area contributed by atoms with E-state index in [9.17, 15) is 9.18 Å². The molecule has 1 N–H and O–H groups in total. The fourth-order valence-corrected chi connectivity index (χ4v) is 1.67. The van der Waals surface area contributed by atoms with Crippen molar-refractivity contribution in [1.29, 1.82) is 0 Å². The number of pyridine rings is 1. The van der Waals surface area contributed by atoms with Gasteiger partial charge in [-0.15, -0.1) is 0 Å². The molecule has 0 bridgehead atoms. The van der Waals surface area contributed by atoms with E-state index >= 15 is 0 Å². The van der Waals surface area contributed by atoms with E-state index in [0.29, 0.717) is 18.4 Å². The van der Waals surface area contributed by atoms with Gasteiger partial charge in [0.1, 0.15) is 5.82 Å². The van der Waals surface area contributed by atoms with E-state index in [-0.39, 0.29) is 5.82 Å². The molecule has 0 saturated heterocycles. The molecule has 1 aromatic rings. The molecule has 1 aliphatic carbocycles. The maximum absolute atomic E-state index is 13.1. The highest BCUT2D eigenvalue weighted by Crippen LogP contribution is 2.27. The summed E-state index contributed by atoms with van der Waals surface area (Å²) in [6.45, 7) is 0. The van der Waals surface area contributed by atoms with E-state index in [0.717, 1.165) is 11.8 Å². The monoisotopic (exact) mass is 181 g/mol. The third kappa shape index (κ3) is 1.28. The number of halogens is 1. The van der Waals surface area contributed by atoms with Crippen molar-refractivity contribution < 1.29 is 14.3 Å². The molecule has 68 valence electrons. The molecular weight excluding hydrogens is 173 g/mol. The first-order valence-corrected chi connectivity index (χ1v) is 4.02. The topological polar surface area (TPSA) is 50.2 Å². The largest absolute Gasteiger partial charge is 0.481 e. The fraction of sp³-hybridized carbons (Fsp3) is 0.333. The van der Waals surface area contributed by atoms with Crippen LogP contribution in [-0.4, -0.2) is 16.1 Å². The number of aliphatic carboxylic acids is 1. The third-order valence-electron chi connectivity index (χ3n) is 2.36. The van der Waals surface area contributed by atoms with Gasteiger partial charge in [0.25, 0.3) is 0 Å². The number of fused-ring (bicyclic) bond motifs is 1. The summed E-state index contributed by atoms with van der Waals surface area (Å²) in [5.41, 5.74) is 1.25. The Labute approximate surface area is 74.2 Å². The van der Waals surface area contributed by atoms with Crippen LogP contribution in [0.25, 0.3) is 0 Å². The summed E-state index contributed by atoms with van der Waals surface area (Å²) < 4.78 is 13.1. The standard InChI is InChI=1S/C9H8FNO2/c10-8-4-11-3-6-1-5(9(12)13)2-7(6)8/h3-5H,1-2H2,(H,12,13). The summed E-state index contributed by atoms with van der Waals surface area (Å²) in [7, 11) is 0. The first kappa shape index (κ1) is 8.16. The van der Waals surface area contributed by atoms with Crippen LogP contribution in [0.1, 0.15) is 11.1 Å². The minimum atomic E-state index is -0.865. The van der Waals surface area contributed by atoms with Crippen LogP contribution < -0.4 is 0 Å². The fourth-order valence-electron chi connectivity index (χ4n) is 1.67. The van der Waals surface area contributed by atoms with Gasteiger partial charge in [0.2, 0.25) is 0 Å². The van der Waals surface area contributed by atoms with E-state index < -0.39 is 11.9 Å². The van der Waals surface area contributed by atoms with Crippen LogP contribution in [0.3, 0.4) is 0 Å². The molecule has 13 heavy (non-hydrogen) atoms. The van der Waals surface area contributed by atoms with E-state index in [1.807, 2.05) is 0 Å². The second kappa shape index (κ2) is 2.80. The van der Waals surface area contributed by atoms with Crippen molar-refractivity contribution in [2.24, 2.45) is 5.92 Å². The van der Waals surface area contributed by atoms with Gasteiger partial charge >= 0.3 is 5.97 Å². The van der Waals surface area contributed by atoms with Gasteiger partial charge in [0, 0.05) is 6.20 Å². The number of carboxylic acids is 1. The van der Waals surface area contributed by atoms with Crippen molar-refractivity contribution in [3.8, 4) is 0 Å². The molecule has 1 heterocycles. The van der Waals surface area contributed by atoms with Gasteiger partial charge in [0.05, 0.1) is 12.1 Å². The lowest BCUT2D eigenvalue weighted by Crippen LogP contribution is -2.13. The van der Waals surface area contributed by atoms with E-state index in [4.69, 9.17) is 5.11 Å². The Hall–Kier alpha value is -1.45. The normalized spacial score (nSPS) is 19.9. The summed E-state index contributed by atoms with van der Waals surface area (Å²) in [6.07, 6.45) is 3.36. The second-order valence-corrected chi connectivity index (χ2v) is 3.20. The lowest BCUT2D eigenvalue weighted by Gasteiger charge is -1.98. The highest BCUT2D eigenvalue weighted by Gasteiger charge is 2.29. The van der Waals surface area contributed by atoms with Gasteiger partial charge in [-0.1, -0.05) is 0 Å². The average molecular weight is 181 g/mol. The molecule has 0 spiro atoms. The Morgan fingerprint density at radius 2 is 2.31 bits per heavy atom. The third-order valence-corrected chi connectivity index (χ3v) is 2.36. The highest BCUT2D eigenvalue weighted by atomic mass is 19.1. The molecule has 1 aromatic heterocycles. The van der Waals surface area contributed by atoms with Crippen LogP contribution in [0.15, 0.2) is 12.4 Å². The molecule has 3 nitrogen and oxygen atoms in total. The van der Waals surface area contributed by atoms with Crippen LogP contribution in [-0.2, 0) is 17.6 Å². The molecule has 1 aliphatic rings. The first-order valence-electron chi connectivity index (χ1n) is 4.02. The maximum atomic E-state index is 13.1. The van der Waals surface area contributed by atoms with Gasteiger partial charge in [-0.05, 0) is 24.0 Å². The quantitative estimate of drug-likeness (QED) is 0.703. The smallest absolute Gasteiger partial charge is 0.307 e. The van der Waals surface area contributed by atoms with Crippen LogP contribution in [0.5, 0.6) is 0 Å². The summed E-state index contributed by atoms with van der Waals surface area (Å²) in [6, 6.07) is 0. The van der Waals surface area contributed by atoms with Gasteiger partial charge in [0.15, 0.2) is 0 Å². The minimum Gasteiger partial charge on any atom is -0.481 e. The molecule has 0 radical (unpaired) electrons. The van der Waals surface area contributed by atoms with Crippen LogP contribution in [0.2, 0.25) is 0 Å². The molecule has 4 heteroatoms. The maximum Gasteiger partial charge on any atom is 0.307 e. The number of aromatic nitrogens is 1. The highest BCUT2D eigenvalue weighted by molar-refractivity contribution is 5.72. The summed E-state index contributed by atoms with van der Waals surface area (Å²) in [4.78, 5) is 14.3. The number of hydrogen-bond acceptors (Lipinski definition) is 2. The van der Waals surface area contributed by atoms with Gasteiger partial charge in [-0.3, -0.25) is 9.78 Å². The number of rotatable bonds is 1. The van der Waals surface area contributed by atoms with Crippen molar-refractivity contribution in [3.63, 3.8) is 0 Å². The lowest BCUT2D eigenvalue weighted by atomic mass is 10.1. The predicted molar refractivity (Wildman–Crippen MR) is 42.7 cm³/mol. The summed E-state index contributed by atoms with van der Waals surface area (Å²) in [5.74, 6) is -1.73. The van der Waals surface area contributed by atoms with E-state index in [1.54, 1.807) is 6.20 Å². The van der Waals surface area contributed by atoms with Crippen molar-refractivity contribution in [1.82, 2.24) is 4.98 Å². The molecule has 2 rings (SSSR count). The molecular formula is C9H8FNO2. The molecule has 0 saturated carbocycles. The number of carbonyl (C=O) groups is 1. The molecule has 0 amide bonds. The van der Waals surface area contributed by atoms with Crippen LogP contribution in [0.4, 0.5) is 4.39 Å². The zero-order valence-corrected chi connectivity index (χ0v) is 6.83. The van der Waals surface area contributed by atoms with E-state index in [2.05, 4.69) is 4.98 Å². The molecule has 0 aromatic carbocycles. The Balaban J connectivity index is 2.35. The van der Waals surface area contributed by atoms with Crippen LogP contribution >= 0.6 is 0 Å². The van der Waals surface area contributed by atoms with Crippen LogP contribution in [0, 0.1) is 11.7 Å². The van der Waals surface area contributed by atoms with Crippen molar-refractivity contribution in [3.05, 3.63) is 29.3 Å². The zero-order valence-electron chi connectivity index (χ0n) is 6.83. The molecule has 1 unspecified atom stereocenters. The molecule has 0 fully saturated rings. The second-order valence-electron chi connectivity index (χ2n) is 3.20. The first-order chi connectivity index (χ1) is 6.18. The Kier molecular flexibility index (Phi) is 1.76. The lowest BCUT2D eigenvalue weighted by molar-refractivity contribution is -0.141. The molecule has 1 atom stereocenters. The Bertz CT molecular complexity index is 365. The molecule has 0 aliphatic heterocycles. The SMILES string of the molecule is O=C(O)C1Cc2cncc(F)c2C1. The average Bonchev–Trinajstić information content (AvgIpc) is 2.49. The number of hydrogen-bond donors (Lipinski definition) is 1. The van der Waals surface area contributed by atoms with Crippen molar-refractivity contribution in [2.75, 3.05) is 0 Å². The van der Waals surface area contributed by atoms with Gasteiger partial charge < -0.3 is 5.11 Å². The summed E-state index contributed by atoms with van der Waals surface area (Å²) in [5, 5.41) is 8.73. The van der Waals surface area contributed by atoms with Gasteiger partial charge in [-0.25, -0.2) is 4.39 Å². The number of nitrogens with zero attached hydrogens (tertiary/aromatic N) is 1. The number of carboxylic acid groups (broad SMARTS) is 1. The van der Waals surface area contributed by atoms with Crippen molar-refractivity contribution >= 4 is 5.97 Å². The minimum absolute atomic E-state index is 0.291. The van der Waals surface area contributed by atoms with E-state index in [1.165, 1.54) is 0 Å². The van der Waals surface area contributed by atoms with Gasteiger partial charge in [-0.2, -0.15) is 0 Å².